The van der Waals surface area contributed by atoms with Gasteiger partial charge in [0.15, 0.2) is 0 Å². The van der Waals surface area contributed by atoms with Crippen LogP contribution in [0, 0.1) is 0 Å². The summed E-state index contributed by atoms with van der Waals surface area (Å²) in [5, 5.41) is 4.67. The zero-order valence-corrected chi connectivity index (χ0v) is 15.2. The standard InChI is InChI=1S/C23H16F3N3/c24-23(25,26)19-10-7-11-20(14-19)27-15-18-16-29(21-12-5-2-6-13-21)28-22(18)17-8-3-1-4-9-17/h1-16H. The second-order valence-corrected chi connectivity index (χ2v) is 6.39. The summed E-state index contributed by atoms with van der Waals surface area (Å²) in [6, 6.07) is 24.1. The maximum Gasteiger partial charge on any atom is 0.416 e. The maximum absolute atomic E-state index is 12.9. The largest absolute Gasteiger partial charge is 0.416 e. The number of nitrogens with zero attached hydrogens (tertiary/aromatic N) is 3. The Morgan fingerprint density at radius 2 is 1.52 bits per heavy atom. The lowest BCUT2D eigenvalue weighted by atomic mass is 10.1. The van der Waals surface area contributed by atoms with E-state index in [1.54, 1.807) is 10.9 Å². The number of para-hydroxylation sites is 1. The molecule has 144 valence electrons. The van der Waals surface area contributed by atoms with Crippen molar-refractivity contribution >= 4 is 11.9 Å². The predicted molar refractivity (Wildman–Crippen MR) is 108 cm³/mol. The molecule has 0 aliphatic rings. The van der Waals surface area contributed by atoms with Gasteiger partial charge in [0.05, 0.1) is 16.9 Å². The van der Waals surface area contributed by atoms with Gasteiger partial charge < -0.3 is 0 Å². The van der Waals surface area contributed by atoms with Crippen LogP contribution in [0.15, 0.2) is 96.1 Å². The van der Waals surface area contributed by atoms with Gasteiger partial charge >= 0.3 is 6.18 Å². The Labute approximate surface area is 165 Å². The molecule has 0 N–H and O–H groups in total. The van der Waals surface area contributed by atoms with Crippen LogP contribution in [0.25, 0.3) is 16.9 Å². The third-order valence-electron chi connectivity index (χ3n) is 4.34. The molecule has 4 aromatic rings. The minimum absolute atomic E-state index is 0.228. The number of halogens is 3. The van der Waals surface area contributed by atoms with E-state index in [4.69, 9.17) is 0 Å². The average Bonchev–Trinajstić information content (AvgIpc) is 3.17. The summed E-state index contributed by atoms with van der Waals surface area (Å²) in [6.45, 7) is 0. The van der Waals surface area contributed by atoms with E-state index in [1.165, 1.54) is 12.1 Å². The van der Waals surface area contributed by atoms with E-state index in [1.807, 2.05) is 66.9 Å². The minimum Gasteiger partial charge on any atom is -0.256 e. The van der Waals surface area contributed by atoms with Gasteiger partial charge in [0.25, 0.3) is 0 Å². The van der Waals surface area contributed by atoms with Crippen LogP contribution in [0.3, 0.4) is 0 Å². The third kappa shape index (κ3) is 4.27. The molecule has 0 aliphatic heterocycles. The van der Waals surface area contributed by atoms with Gasteiger partial charge in [-0.15, -0.1) is 0 Å². The molecule has 3 aromatic carbocycles. The number of benzene rings is 3. The fraction of sp³-hybridized carbons (Fsp3) is 0.0435. The highest BCUT2D eigenvalue weighted by Crippen LogP contribution is 2.31. The van der Waals surface area contributed by atoms with E-state index in [0.29, 0.717) is 11.3 Å². The van der Waals surface area contributed by atoms with Crippen LogP contribution in [-0.4, -0.2) is 16.0 Å². The smallest absolute Gasteiger partial charge is 0.256 e. The number of rotatable bonds is 4. The van der Waals surface area contributed by atoms with Crippen LogP contribution in [0.5, 0.6) is 0 Å². The lowest BCUT2D eigenvalue weighted by Gasteiger charge is -2.06. The van der Waals surface area contributed by atoms with E-state index in [-0.39, 0.29) is 5.69 Å². The number of hydrogen-bond acceptors (Lipinski definition) is 2. The number of alkyl halides is 3. The zero-order chi connectivity index (χ0) is 20.3. The Morgan fingerprint density at radius 1 is 0.828 bits per heavy atom. The van der Waals surface area contributed by atoms with Gasteiger partial charge in [-0.1, -0.05) is 54.6 Å². The van der Waals surface area contributed by atoms with E-state index < -0.39 is 11.7 Å². The quantitative estimate of drug-likeness (QED) is 0.375. The first kappa shape index (κ1) is 18.7. The molecule has 0 bridgehead atoms. The minimum atomic E-state index is -4.40. The fourth-order valence-electron chi connectivity index (χ4n) is 2.92. The van der Waals surface area contributed by atoms with Crippen LogP contribution in [0.1, 0.15) is 11.1 Å². The molecule has 1 heterocycles. The first-order chi connectivity index (χ1) is 14.0. The molecule has 0 radical (unpaired) electrons. The Hall–Kier alpha value is -3.67. The molecule has 6 heteroatoms. The predicted octanol–water partition coefficient (Wildman–Crippen LogP) is 6.31. The van der Waals surface area contributed by atoms with Crippen molar-refractivity contribution in [3.8, 4) is 16.9 Å². The van der Waals surface area contributed by atoms with Gasteiger partial charge in [0.1, 0.15) is 5.69 Å². The highest BCUT2D eigenvalue weighted by atomic mass is 19.4. The SMILES string of the molecule is FC(F)(F)c1cccc(N=Cc2cn(-c3ccccc3)nc2-c2ccccc2)c1. The van der Waals surface area contributed by atoms with Crippen molar-refractivity contribution in [2.24, 2.45) is 4.99 Å². The molecule has 3 nitrogen and oxygen atoms in total. The number of aromatic nitrogens is 2. The number of aliphatic imine (C=N–C) groups is 1. The zero-order valence-electron chi connectivity index (χ0n) is 15.2. The molecular weight excluding hydrogens is 375 g/mol. The summed E-state index contributed by atoms with van der Waals surface area (Å²) in [7, 11) is 0. The van der Waals surface area contributed by atoms with Gasteiger partial charge in [-0.3, -0.25) is 4.99 Å². The molecule has 0 fully saturated rings. The molecule has 0 amide bonds. The highest BCUT2D eigenvalue weighted by molar-refractivity contribution is 5.90. The second-order valence-electron chi connectivity index (χ2n) is 6.39. The van der Waals surface area contributed by atoms with Crippen molar-refractivity contribution in [2.45, 2.75) is 6.18 Å². The van der Waals surface area contributed by atoms with Gasteiger partial charge in [0.2, 0.25) is 0 Å². The molecule has 29 heavy (non-hydrogen) atoms. The Kier molecular flexibility index (Phi) is 4.99. The maximum atomic E-state index is 12.9. The molecule has 1 aromatic heterocycles. The molecule has 0 unspecified atom stereocenters. The van der Waals surface area contributed by atoms with Crippen LogP contribution in [0.4, 0.5) is 18.9 Å². The molecule has 4 rings (SSSR count). The lowest BCUT2D eigenvalue weighted by Crippen LogP contribution is -2.03. The van der Waals surface area contributed by atoms with Crippen molar-refractivity contribution in [1.82, 2.24) is 9.78 Å². The van der Waals surface area contributed by atoms with Crippen LogP contribution in [-0.2, 0) is 6.18 Å². The van der Waals surface area contributed by atoms with E-state index in [0.717, 1.165) is 23.4 Å². The molecule has 0 saturated carbocycles. The molecule has 0 atom stereocenters. The van der Waals surface area contributed by atoms with Crippen molar-refractivity contribution in [1.29, 1.82) is 0 Å². The Balaban J connectivity index is 1.75. The Bertz CT molecular complexity index is 1130. The first-order valence-electron chi connectivity index (χ1n) is 8.92. The summed E-state index contributed by atoms with van der Waals surface area (Å²) in [5.74, 6) is 0. The molecule has 0 spiro atoms. The topological polar surface area (TPSA) is 30.2 Å². The van der Waals surface area contributed by atoms with Gasteiger partial charge in [-0.05, 0) is 30.3 Å². The summed E-state index contributed by atoms with van der Waals surface area (Å²) < 4.78 is 40.6. The van der Waals surface area contributed by atoms with Gasteiger partial charge in [0, 0.05) is 23.5 Å². The molecule has 0 aliphatic carbocycles. The second kappa shape index (κ2) is 7.75. The number of hydrogen-bond donors (Lipinski definition) is 0. The van der Waals surface area contributed by atoms with Crippen molar-refractivity contribution < 1.29 is 13.2 Å². The third-order valence-corrected chi connectivity index (χ3v) is 4.34. The monoisotopic (exact) mass is 391 g/mol. The Morgan fingerprint density at radius 3 is 2.21 bits per heavy atom. The van der Waals surface area contributed by atoms with Crippen LogP contribution in [0.2, 0.25) is 0 Å². The summed E-state index contributed by atoms with van der Waals surface area (Å²) in [4.78, 5) is 4.27. The van der Waals surface area contributed by atoms with Crippen molar-refractivity contribution in [3.05, 3.63) is 102 Å². The first-order valence-corrected chi connectivity index (χ1v) is 8.92. The fourth-order valence-corrected chi connectivity index (χ4v) is 2.92. The van der Waals surface area contributed by atoms with Crippen molar-refractivity contribution in [2.75, 3.05) is 0 Å². The summed E-state index contributed by atoms with van der Waals surface area (Å²) in [6.07, 6.45) is -1.04. The normalized spacial score (nSPS) is 11.8. The van der Waals surface area contributed by atoms with Gasteiger partial charge in [-0.2, -0.15) is 18.3 Å². The lowest BCUT2D eigenvalue weighted by molar-refractivity contribution is -0.137. The highest BCUT2D eigenvalue weighted by Gasteiger charge is 2.30. The van der Waals surface area contributed by atoms with Crippen LogP contribution >= 0.6 is 0 Å². The molecular formula is C23H16F3N3. The van der Waals surface area contributed by atoms with E-state index in [9.17, 15) is 13.2 Å². The van der Waals surface area contributed by atoms with E-state index in [2.05, 4.69) is 10.1 Å². The summed E-state index contributed by atoms with van der Waals surface area (Å²) in [5.41, 5.74) is 2.68. The van der Waals surface area contributed by atoms with E-state index >= 15 is 0 Å². The van der Waals surface area contributed by atoms with Crippen LogP contribution < -0.4 is 0 Å². The van der Waals surface area contributed by atoms with Gasteiger partial charge in [-0.25, -0.2) is 4.68 Å². The molecule has 0 saturated heterocycles. The average molecular weight is 391 g/mol. The van der Waals surface area contributed by atoms with Crippen molar-refractivity contribution in [3.63, 3.8) is 0 Å². The summed E-state index contributed by atoms with van der Waals surface area (Å²) >= 11 is 0.